The van der Waals surface area contributed by atoms with Crippen LogP contribution in [0.4, 0.5) is 11.7 Å². The highest BCUT2D eigenvalue weighted by molar-refractivity contribution is 5.86. The van der Waals surface area contributed by atoms with Gasteiger partial charge in [0.2, 0.25) is 0 Å². The van der Waals surface area contributed by atoms with Crippen LogP contribution in [-0.4, -0.2) is 18.1 Å². The Bertz CT molecular complexity index is 797. The first kappa shape index (κ1) is 12.1. The fourth-order valence-electron chi connectivity index (χ4n) is 2.58. The summed E-state index contributed by atoms with van der Waals surface area (Å²) < 4.78 is 11.6. The largest absolute Gasteiger partial charge is 0.491 e. The van der Waals surface area contributed by atoms with Crippen molar-refractivity contribution in [2.45, 2.75) is 6.54 Å². The van der Waals surface area contributed by atoms with E-state index >= 15 is 0 Å². The zero-order valence-electron chi connectivity index (χ0n) is 11.5. The first-order chi connectivity index (χ1) is 10.3. The predicted molar refractivity (Wildman–Crippen MR) is 81.4 cm³/mol. The number of hydrogen-bond donors (Lipinski definition) is 1. The molecule has 0 spiro atoms. The van der Waals surface area contributed by atoms with Gasteiger partial charge in [-0.05, 0) is 18.2 Å². The van der Waals surface area contributed by atoms with Crippen molar-refractivity contribution in [1.29, 1.82) is 0 Å². The number of benzene rings is 2. The quantitative estimate of drug-likeness (QED) is 0.695. The molecule has 0 atom stereocenters. The number of fused-ring (bicyclic) bond motifs is 2. The summed E-state index contributed by atoms with van der Waals surface area (Å²) in [5.41, 5.74) is 9.13. The van der Waals surface area contributed by atoms with Crippen LogP contribution in [0, 0.1) is 0 Å². The molecule has 0 unspecified atom stereocenters. The van der Waals surface area contributed by atoms with E-state index in [2.05, 4.69) is 16.0 Å². The van der Waals surface area contributed by atoms with Crippen LogP contribution < -0.4 is 15.4 Å². The Kier molecular flexibility index (Phi) is 2.70. The Labute approximate surface area is 121 Å². The van der Waals surface area contributed by atoms with Crippen molar-refractivity contribution >= 4 is 22.8 Å². The number of para-hydroxylation sites is 2. The lowest BCUT2D eigenvalue weighted by molar-refractivity contribution is 0.329. The van der Waals surface area contributed by atoms with Gasteiger partial charge in [0.15, 0.2) is 5.58 Å². The Hall–Kier alpha value is -2.69. The highest BCUT2D eigenvalue weighted by Gasteiger charge is 2.20. The number of hydrogen-bond acceptors (Lipinski definition) is 5. The van der Waals surface area contributed by atoms with Crippen molar-refractivity contribution in [3.05, 3.63) is 48.0 Å². The van der Waals surface area contributed by atoms with Crippen molar-refractivity contribution in [2.24, 2.45) is 0 Å². The van der Waals surface area contributed by atoms with Crippen molar-refractivity contribution in [1.82, 2.24) is 4.98 Å². The second-order valence-electron chi connectivity index (χ2n) is 5.07. The third-order valence-electron chi connectivity index (χ3n) is 3.66. The van der Waals surface area contributed by atoms with Gasteiger partial charge in [0.05, 0.1) is 18.8 Å². The molecule has 0 saturated carbocycles. The zero-order valence-corrected chi connectivity index (χ0v) is 11.5. The number of anilines is 2. The minimum absolute atomic E-state index is 0.586. The first-order valence-electron chi connectivity index (χ1n) is 6.92. The molecule has 0 fully saturated rings. The standard InChI is InChI=1S/C16H15N3O2/c17-12-5-3-7-14-15(12)18-16(21-14)19-8-9-20-13-6-2-1-4-11(13)10-19/h1-7H,8-10,17H2. The third kappa shape index (κ3) is 2.07. The Morgan fingerprint density at radius 1 is 1.10 bits per heavy atom. The summed E-state index contributed by atoms with van der Waals surface area (Å²) in [6.07, 6.45) is 0. The predicted octanol–water partition coefficient (Wildman–Crippen LogP) is 2.81. The van der Waals surface area contributed by atoms with E-state index in [0.29, 0.717) is 36.0 Å². The molecule has 2 N–H and O–H groups in total. The molecule has 1 aliphatic heterocycles. The highest BCUT2D eigenvalue weighted by atomic mass is 16.5. The topological polar surface area (TPSA) is 64.5 Å². The van der Waals surface area contributed by atoms with E-state index in [1.165, 1.54) is 0 Å². The Balaban J connectivity index is 1.73. The molecule has 0 aliphatic carbocycles. The van der Waals surface area contributed by atoms with E-state index in [-0.39, 0.29) is 0 Å². The monoisotopic (exact) mass is 281 g/mol. The van der Waals surface area contributed by atoms with Gasteiger partial charge in [-0.15, -0.1) is 0 Å². The molecule has 21 heavy (non-hydrogen) atoms. The van der Waals surface area contributed by atoms with Gasteiger partial charge in [0, 0.05) is 5.56 Å². The molecule has 1 aromatic heterocycles. The van der Waals surface area contributed by atoms with E-state index in [4.69, 9.17) is 14.9 Å². The normalized spacial score (nSPS) is 14.6. The average molecular weight is 281 g/mol. The number of nitrogens with two attached hydrogens (primary N) is 1. The molecule has 1 aliphatic rings. The van der Waals surface area contributed by atoms with Gasteiger partial charge in [0.1, 0.15) is 17.9 Å². The summed E-state index contributed by atoms with van der Waals surface area (Å²) in [6.45, 7) is 2.04. The number of oxazole rings is 1. The number of rotatable bonds is 1. The molecular weight excluding hydrogens is 266 g/mol. The van der Waals surface area contributed by atoms with Gasteiger partial charge in [-0.1, -0.05) is 24.3 Å². The van der Waals surface area contributed by atoms with Crippen LogP contribution in [0.1, 0.15) is 5.56 Å². The van der Waals surface area contributed by atoms with E-state index in [9.17, 15) is 0 Å². The molecule has 2 heterocycles. The average Bonchev–Trinajstić information content (AvgIpc) is 2.82. The molecule has 106 valence electrons. The van der Waals surface area contributed by atoms with Crippen LogP contribution in [0.3, 0.4) is 0 Å². The minimum Gasteiger partial charge on any atom is -0.491 e. The highest BCUT2D eigenvalue weighted by Crippen LogP contribution is 2.29. The summed E-state index contributed by atoms with van der Waals surface area (Å²) in [6, 6.07) is 14.2. The fraction of sp³-hybridized carbons (Fsp3) is 0.188. The third-order valence-corrected chi connectivity index (χ3v) is 3.66. The lowest BCUT2D eigenvalue weighted by Crippen LogP contribution is -2.25. The van der Waals surface area contributed by atoms with E-state index in [1.807, 2.05) is 36.4 Å². The van der Waals surface area contributed by atoms with Gasteiger partial charge in [-0.2, -0.15) is 4.98 Å². The molecule has 0 amide bonds. The molecule has 2 aromatic carbocycles. The van der Waals surface area contributed by atoms with E-state index in [1.54, 1.807) is 0 Å². The Morgan fingerprint density at radius 2 is 2.00 bits per heavy atom. The molecule has 3 aromatic rings. The number of nitrogens with zero attached hydrogens (tertiary/aromatic N) is 2. The maximum atomic E-state index is 5.94. The molecule has 5 nitrogen and oxygen atoms in total. The molecule has 0 bridgehead atoms. The van der Waals surface area contributed by atoms with Crippen molar-refractivity contribution in [3.8, 4) is 5.75 Å². The van der Waals surface area contributed by atoms with Crippen LogP contribution in [0.25, 0.3) is 11.1 Å². The second-order valence-corrected chi connectivity index (χ2v) is 5.07. The van der Waals surface area contributed by atoms with Crippen LogP contribution in [-0.2, 0) is 6.54 Å². The lowest BCUT2D eigenvalue weighted by atomic mass is 10.2. The van der Waals surface area contributed by atoms with E-state index in [0.717, 1.165) is 17.9 Å². The summed E-state index contributed by atoms with van der Waals surface area (Å²) in [5.74, 6) is 0.927. The molecule has 4 rings (SSSR count). The van der Waals surface area contributed by atoms with Gasteiger partial charge < -0.3 is 19.8 Å². The summed E-state index contributed by atoms with van der Waals surface area (Å²) in [5, 5.41) is 0. The van der Waals surface area contributed by atoms with Crippen LogP contribution in [0.15, 0.2) is 46.9 Å². The number of aromatic nitrogens is 1. The molecule has 5 heteroatoms. The van der Waals surface area contributed by atoms with Crippen LogP contribution >= 0.6 is 0 Å². The fourth-order valence-corrected chi connectivity index (χ4v) is 2.58. The van der Waals surface area contributed by atoms with Gasteiger partial charge in [-0.3, -0.25) is 0 Å². The second kappa shape index (κ2) is 4.70. The number of nitrogen functional groups attached to an aromatic ring is 1. The van der Waals surface area contributed by atoms with Crippen LogP contribution in [0.2, 0.25) is 0 Å². The van der Waals surface area contributed by atoms with Gasteiger partial charge in [0.25, 0.3) is 6.01 Å². The molecule has 0 radical (unpaired) electrons. The maximum Gasteiger partial charge on any atom is 0.298 e. The minimum atomic E-state index is 0.586. The van der Waals surface area contributed by atoms with Crippen molar-refractivity contribution in [3.63, 3.8) is 0 Å². The maximum absolute atomic E-state index is 5.94. The summed E-state index contributed by atoms with van der Waals surface area (Å²) in [4.78, 5) is 6.60. The molecule has 0 saturated heterocycles. The van der Waals surface area contributed by atoms with Crippen molar-refractivity contribution in [2.75, 3.05) is 23.8 Å². The number of ether oxygens (including phenoxy) is 1. The zero-order chi connectivity index (χ0) is 14.2. The SMILES string of the molecule is Nc1cccc2oc(N3CCOc4ccccc4C3)nc12. The van der Waals surface area contributed by atoms with Crippen LogP contribution in [0.5, 0.6) is 5.75 Å². The smallest absolute Gasteiger partial charge is 0.298 e. The first-order valence-corrected chi connectivity index (χ1v) is 6.92. The van der Waals surface area contributed by atoms with Crippen molar-refractivity contribution < 1.29 is 9.15 Å². The lowest BCUT2D eigenvalue weighted by Gasteiger charge is -2.16. The Morgan fingerprint density at radius 3 is 2.90 bits per heavy atom. The summed E-state index contributed by atoms with van der Waals surface area (Å²) in [7, 11) is 0. The molecular formula is C16H15N3O2. The van der Waals surface area contributed by atoms with E-state index < -0.39 is 0 Å². The summed E-state index contributed by atoms with van der Waals surface area (Å²) >= 11 is 0. The van der Waals surface area contributed by atoms with Gasteiger partial charge >= 0.3 is 0 Å². The van der Waals surface area contributed by atoms with Gasteiger partial charge in [-0.25, -0.2) is 0 Å².